The molecule has 0 saturated heterocycles. The molecule has 1 amide bonds. The van der Waals surface area contributed by atoms with Gasteiger partial charge in [0.2, 0.25) is 0 Å². The van der Waals surface area contributed by atoms with E-state index < -0.39 is 0 Å². The summed E-state index contributed by atoms with van der Waals surface area (Å²) in [4.78, 5) is 20.7. The van der Waals surface area contributed by atoms with Gasteiger partial charge >= 0.3 is 0 Å². The summed E-state index contributed by atoms with van der Waals surface area (Å²) < 4.78 is 0. The van der Waals surface area contributed by atoms with Crippen LogP contribution in [0.5, 0.6) is 0 Å². The van der Waals surface area contributed by atoms with Crippen molar-refractivity contribution in [1.29, 1.82) is 0 Å². The van der Waals surface area contributed by atoms with E-state index in [4.69, 9.17) is 0 Å². The van der Waals surface area contributed by atoms with Crippen molar-refractivity contribution < 1.29 is 4.79 Å². The number of pyridine rings is 1. The fourth-order valence-electron chi connectivity index (χ4n) is 1.71. The quantitative estimate of drug-likeness (QED) is 0.858. The molecule has 0 aliphatic rings. The van der Waals surface area contributed by atoms with Crippen LogP contribution in [0.2, 0.25) is 0 Å². The number of carbonyl (C=O) groups is 1. The van der Waals surface area contributed by atoms with Gasteiger partial charge in [-0.1, -0.05) is 6.92 Å². The molecule has 2 aromatic rings. The lowest BCUT2D eigenvalue weighted by atomic mass is 10.2. The summed E-state index contributed by atoms with van der Waals surface area (Å²) in [6.07, 6.45) is 2.66. The first-order valence-corrected chi connectivity index (χ1v) is 7.46. The molecule has 0 saturated carbocycles. The number of anilines is 1. The average Bonchev–Trinajstić information content (AvgIpc) is 2.88. The van der Waals surface area contributed by atoms with Crippen LogP contribution in [0, 0.1) is 6.92 Å². The molecule has 0 aliphatic heterocycles. The summed E-state index contributed by atoms with van der Waals surface area (Å²) in [5.41, 5.74) is 1.54. The lowest BCUT2D eigenvalue weighted by molar-refractivity contribution is 0.0951. The molecule has 0 aromatic carbocycles. The SMILES string of the molecule is CCCNc1ncccc1C(=O)NCc1nc(C)cs1. The van der Waals surface area contributed by atoms with E-state index in [-0.39, 0.29) is 5.91 Å². The number of aryl methyl sites for hydroxylation is 1. The molecule has 0 spiro atoms. The van der Waals surface area contributed by atoms with Gasteiger partial charge in [-0.3, -0.25) is 4.79 Å². The number of nitrogens with one attached hydrogen (secondary N) is 2. The van der Waals surface area contributed by atoms with Crippen molar-refractivity contribution in [2.45, 2.75) is 26.8 Å². The summed E-state index contributed by atoms with van der Waals surface area (Å²) in [6, 6.07) is 3.53. The first-order valence-electron chi connectivity index (χ1n) is 6.58. The molecule has 0 aliphatic carbocycles. The van der Waals surface area contributed by atoms with E-state index in [1.54, 1.807) is 29.7 Å². The Labute approximate surface area is 122 Å². The third-order valence-corrected chi connectivity index (χ3v) is 3.63. The highest BCUT2D eigenvalue weighted by molar-refractivity contribution is 7.09. The van der Waals surface area contributed by atoms with Crippen LogP contribution in [-0.4, -0.2) is 22.4 Å². The monoisotopic (exact) mass is 290 g/mol. The second-order valence-electron chi connectivity index (χ2n) is 4.39. The highest BCUT2D eigenvalue weighted by atomic mass is 32.1. The molecule has 0 unspecified atom stereocenters. The lowest BCUT2D eigenvalue weighted by Gasteiger charge is -2.09. The predicted molar refractivity (Wildman–Crippen MR) is 81.0 cm³/mol. The van der Waals surface area contributed by atoms with Crippen LogP contribution < -0.4 is 10.6 Å². The Hall–Kier alpha value is -1.95. The van der Waals surface area contributed by atoms with Crippen LogP contribution in [0.15, 0.2) is 23.7 Å². The van der Waals surface area contributed by atoms with E-state index >= 15 is 0 Å². The number of hydrogen-bond acceptors (Lipinski definition) is 5. The minimum absolute atomic E-state index is 0.135. The number of rotatable bonds is 6. The number of nitrogens with zero attached hydrogens (tertiary/aromatic N) is 2. The largest absolute Gasteiger partial charge is 0.369 e. The summed E-state index contributed by atoms with van der Waals surface area (Å²) in [6.45, 7) is 5.25. The highest BCUT2D eigenvalue weighted by Crippen LogP contribution is 2.12. The van der Waals surface area contributed by atoms with Crippen molar-refractivity contribution in [2.24, 2.45) is 0 Å². The maximum Gasteiger partial charge on any atom is 0.255 e. The van der Waals surface area contributed by atoms with Gasteiger partial charge in [-0.25, -0.2) is 9.97 Å². The molecule has 0 radical (unpaired) electrons. The zero-order valence-electron chi connectivity index (χ0n) is 11.6. The molecular weight excluding hydrogens is 272 g/mol. The molecule has 5 nitrogen and oxygen atoms in total. The molecule has 0 bridgehead atoms. The van der Waals surface area contributed by atoms with Crippen molar-refractivity contribution >= 4 is 23.1 Å². The van der Waals surface area contributed by atoms with E-state index in [0.717, 1.165) is 23.7 Å². The molecule has 0 atom stereocenters. The second-order valence-corrected chi connectivity index (χ2v) is 5.33. The molecule has 0 fully saturated rings. The van der Waals surface area contributed by atoms with Crippen LogP contribution >= 0.6 is 11.3 Å². The minimum atomic E-state index is -0.135. The van der Waals surface area contributed by atoms with Gasteiger partial charge < -0.3 is 10.6 Å². The van der Waals surface area contributed by atoms with Gasteiger partial charge in [0.1, 0.15) is 10.8 Å². The van der Waals surface area contributed by atoms with Gasteiger partial charge in [0.15, 0.2) is 0 Å². The summed E-state index contributed by atoms with van der Waals surface area (Å²) in [5.74, 6) is 0.492. The molecule has 2 rings (SSSR count). The van der Waals surface area contributed by atoms with Crippen LogP contribution in [-0.2, 0) is 6.54 Å². The third kappa shape index (κ3) is 3.77. The van der Waals surface area contributed by atoms with Gasteiger partial charge in [-0.2, -0.15) is 0 Å². The molecule has 106 valence electrons. The van der Waals surface area contributed by atoms with E-state index in [2.05, 4.69) is 27.5 Å². The summed E-state index contributed by atoms with van der Waals surface area (Å²) in [5, 5.41) is 8.91. The minimum Gasteiger partial charge on any atom is -0.369 e. The number of aromatic nitrogens is 2. The molecule has 20 heavy (non-hydrogen) atoms. The van der Waals surface area contributed by atoms with Crippen LogP contribution in [0.3, 0.4) is 0 Å². The number of thiazole rings is 1. The second kappa shape index (κ2) is 7.00. The standard InChI is InChI=1S/C14H18N4OS/c1-3-6-15-13-11(5-4-7-16-13)14(19)17-8-12-18-10(2)9-20-12/h4-5,7,9H,3,6,8H2,1-2H3,(H,15,16)(H,17,19). The van der Waals surface area contributed by atoms with Crippen LogP contribution in [0.25, 0.3) is 0 Å². The first kappa shape index (κ1) is 14.5. The maximum atomic E-state index is 12.2. The van der Waals surface area contributed by atoms with Crippen molar-refractivity contribution in [2.75, 3.05) is 11.9 Å². The number of amides is 1. The van der Waals surface area contributed by atoms with Gasteiger partial charge in [0.25, 0.3) is 5.91 Å². The van der Waals surface area contributed by atoms with E-state index in [1.165, 1.54) is 0 Å². The molecule has 2 N–H and O–H groups in total. The highest BCUT2D eigenvalue weighted by Gasteiger charge is 2.12. The van der Waals surface area contributed by atoms with E-state index in [1.807, 2.05) is 12.3 Å². The fourth-order valence-corrected chi connectivity index (χ4v) is 2.42. The first-order chi connectivity index (χ1) is 9.70. The van der Waals surface area contributed by atoms with Crippen molar-refractivity contribution in [3.05, 3.63) is 40.0 Å². The Morgan fingerprint density at radius 3 is 3.00 bits per heavy atom. The van der Waals surface area contributed by atoms with Gasteiger partial charge in [0, 0.05) is 23.8 Å². The number of hydrogen-bond donors (Lipinski definition) is 2. The van der Waals surface area contributed by atoms with Crippen LogP contribution in [0.1, 0.15) is 34.4 Å². The number of carbonyl (C=O) groups excluding carboxylic acids is 1. The Morgan fingerprint density at radius 1 is 1.45 bits per heavy atom. The molecular formula is C14H18N4OS. The lowest BCUT2D eigenvalue weighted by Crippen LogP contribution is -2.24. The van der Waals surface area contributed by atoms with Crippen LogP contribution in [0.4, 0.5) is 5.82 Å². The van der Waals surface area contributed by atoms with Crippen molar-refractivity contribution in [3.8, 4) is 0 Å². The topological polar surface area (TPSA) is 66.9 Å². The summed E-state index contributed by atoms with van der Waals surface area (Å²) in [7, 11) is 0. The smallest absolute Gasteiger partial charge is 0.255 e. The van der Waals surface area contributed by atoms with Crippen molar-refractivity contribution in [1.82, 2.24) is 15.3 Å². The average molecular weight is 290 g/mol. The normalized spacial score (nSPS) is 10.3. The zero-order chi connectivity index (χ0) is 14.4. The van der Waals surface area contributed by atoms with E-state index in [9.17, 15) is 4.79 Å². The molecule has 6 heteroatoms. The Balaban J connectivity index is 2.01. The fraction of sp³-hybridized carbons (Fsp3) is 0.357. The maximum absolute atomic E-state index is 12.2. The van der Waals surface area contributed by atoms with Gasteiger partial charge in [0.05, 0.1) is 12.1 Å². The Bertz CT molecular complexity index is 582. The molecule has 2 aromatic heterocycles. The predicted octanol–water partition coefficient (Wildman–Crippen LogP) is 2.60. The third-order valence-electron chi connectivity index (χ3n) is 2.66. The molecule has 2 heterocycles. The van der Waals surface area contributed by atoms with Gasteiger partial charge in [-0.05, 0) is 25.5 Å². The van der Waals surface area contributed by atoms with Crippen molar-refractivity contribution in [3.63, 3.8) is 0 Å². The van der Waals surface area contributed by atoms with E-state index in [0.29, 0.717) is 17.9 Å². The Kier molecular flexibility index (Phi) is 5.06. The Morgan fingerprint density at radius 2 is 2.30 bits per heavy atom. The summed E-state index contributed by atoms with van der Waals surface area (Å²) >= 11 is 1.55. The zero-order valence-corrected chi connectivity index (χ0v) is 12.5. The van der Waals surface area contributed by atoms with Gasteiger partial charge in [-0.15, -0.1) is 11.3 Å².